The maximum atomic E-state index is 5.92. The highest BCUT2D eigenvalue weighted by Gasteiger charge is 2.21. The minimum absolute atomic E-state index is 0.418. The molecule has 0 amide bonds. The first-order valence-corrected chi connectivity index (χ1v) is 7.02. The van der Waals surface area contributed by atoms with Crippen molar-refractivity contribution < 1.29 is 9.47 Å². The third-order valence-electron chi connectivity index (χ3n) is 3.59. The van der Waals surface area contributed by atoms with Gasteiger partial charge in [0.2, 0.25) is 11.8 Å². The van der Waals surface area contributed by atoms with Gasteiger partial charge < -0.3 is 14.8 Å². The molecule has 1 heterocycles. The number of nitrogens with one attached hydrogen (secondary N) is 1. The lowest BCUT2D eigenvalue weighted by molar-refractivity contribution is 0.000348. The number of aromatic nitrogens is 2. The lowest BCUT2D eigenvalue weighted by Gasteiger charge is -2.28. The number of rotatable bonds is 6. The summed E-state index contributed by atoms with van der Waals surface area (Å²) < 4.78 is 11.0. The summed E-state index contributed by atoms with van der Waals surface area (Å²) >= 11 is 0. The molecule has 1 N–H and O–H groups in total. The van der Waals surface area contributed by atoms with E-state index in [-0.39, 0.29) is 0 Å². The number of hydrogen-bond acceptors (Lipinski definition) is 5. The molecule has 2 rings (SSSR count). The van der Waals surface area contributed by atoms with E-state index in [1.54, 1.807) is 19.4 Å². The topological polar surface area (TPSA) is 56.3 Å². The van der Waals surface area contributed by atoms with Crippen LogP contribution in [0.3, 0.4) is 0 Å². The van der Waals surface area contributed by atoms with Crippen molar-refractivity contribution in [2.75, 3.05) is 25.6 Å². The van der Waals surface area contributed by atoms with Crippen LogP contribution in [0.25, 0.3) is 0 Å². The average molecular weight is 265 g/mol. The predicted molar refractivity (Wildman–Crippen MR) is 74.4 cm³/mol. The summed E-state index contributed by atoms with van der Waals surface area (Å²) in [5.74, 6) is 1.83. The zero-order valence-electron chi connectivity index (χ0n) is 11.8. The number of ether oxygens (including phenoxy) is 2. The fourth-order valence-electron chi connectivity index (χ4n) is 2.44. The molecule has 19 heavy (non-hydrogen) atoms. The van der Waals surface area contributed by atoms with Crippen LogP contribution in [0.5, 0.6) is 5.88 Å². The molecule has 0 radical (unpaired) electrons. The molecule has 1 aliphatic rings. The van der Waals surface area contributed by atoms with E-state index in [1.165, 1.54) is 25.7 Å². The molecule has 0 spiro atoms. The molecule has 5 heteroatoms. The van der Waals surface area contributed by atoms with Crippen LogP contribution in [0, 0.1) is 5.92 Å². The Morgan fingerprint density at radius 1 is 1.37 bits per heavy atom. The van der Waals surface area contributed by atoms with Crippen molar-refractivity contribution in [3.63, 3.8) is 0 Å². The molecule has 5 nitrogen and oxygen atoms in total. The Kier molecular flexibility index (Phi) is 5.39. The molecule has 2 atom stereocenters. The lowest BCUT2D eigenvalue weighted by atomic mass is 9.88. The van der Waals surface area contributed by atoms with Crippen molar-refractivity contribution in [1.82, 2.24) is 9.97 Å². The van der Waals surface area contributed by atoms with Gasteiger partial charge in [0.05, 0.1) is 19.8 Å². The fraction of sp³-hybridized carbons (Fsp3) is 0.714. The molecule has 1 saturated carbocycles. The van der Waals surface area contributed by atoms with Crippen molar-refractivity contribution in [2.45, 2.75) is 38.7 Å². The van der Waals surface area contributed by atoms with Crippen LogP contribution in [0.4, 0.5) is 5.95 Å². The molecular formula is C14H23N3O2. The predicted octanol–water partition coefficient (Wildman–Crippen LogP) is 2.49. The summed E-state index contributed by atoms with van der Waals surface area (Å²) in [6.07, 6.45) is 7.21. The van der Waals surface area contributed by atoms with E-state index in [9.17, 15) is 0 Å². The van der Waals surface area contributed by atoms with Crippen LogP contribution < -0.4 is 10.1 Å². The van der Waals surface area contributed by atoms with Crippen molar-refractivity contribution in [3.05, 3.63) is 12.3 Å². The van der Waals surface area contributed by atoms with Gasteiger partial charge in [0.25, 0.3) is 0 Å². The van der Waals surface area contributed by atoms with Gasteiger partial charge in [-0.1, -0.05) is 19.8 Å². The molecule has 0 saturated heterocycles. The van der Waals surface area contributed by atoms with Crippen LogP contribution in [0.1, 0.15) is 32.6 Å². The van der Waals surface area contributed by atoms with Gasteiger partial charge in [-0.05, 0) is 18.8 Å². The third-order valence-corrected chi connectivity index (χ3v) is 3.59. The highest BCUT2D eigenvalue weighted by Crippen LogP contribution is 2.26. The van der Waals surface area contributed by atoms with Gasteiger partial charge in [0, 0.05) is 18.8 Å². The number of nitrogens with zero attached hydrogens (tertiary/aromatic N) is 2. The summed E-state index contributed by atoms with van der Waals surface area (Å²) in [6.45, 7) is 3.69. The Balaban J connectivity index is 1.68. The first kappa shape index (κ1) is 14.1. The van der Waals surface area contributed by atoms with E-state index >= 15 is 0 Å². The molecule has 0 aliphatic heterocycles. The highest BCUT2D eigenvalue weighted by molar-refractivity contribution is 5.27. The first-order chi connectivity index (χ1) is 9.29. The molecule has 1 aliphatic carbocycles. The van der Waals surface area contributed by atoms with Crippen LogP contribution >= 0.6 is 0 Å². The number of hydrogen-bond donors (Lipinski definition) is 1. The second-order valence-corrected chi connectivity index (χ2v) is 5.02. The van der Waals surface area contributed by atoms with Crippen molar-refractivity contribution in [1.29, 1.82) is 0 Å². The fourth-order valence-corrected chi connectivity index (χ4v) is 2.44. The summed E-state index contributed by atoms with van der Waals surface area (Å²) in [7, 11) is 1.60. The van der Waals surface area contributed by atoms with Crippen LogP contribution in [0.2, 0.25) is 0 Å². The van der Waals surface area contributed by atoms with Crippen LogP contribution in [-0.2, 0) is 4.74 Å². The summed E-state index contributed by atoms with van der Waals surface area (Å²) in [5, 5.41) is 3.15. The Labute approximate surface area is 114 Å². The van der Waals surface area contributed by atoms with E-state index in [0.717, 1.165) is 6.54 Å². The molecule has 0 aromatic carbocycles. The molecule has 1 aromatic rings. The molecule has 1 fully saturated rings. The summed E-state index contributed by atoms with van der Waals surface area (Å²) in [6, 6.07) is 1.73. The Bertz CT molecular complexity index is 387. The van der Waals surface area contributed by atoms with E-state index in [0.29, 0.717) is 30.5 Å². The first-order valence-electron chi connectivity index (χ1n) is 7.02. The molecule has 106 valence electrons. The number of anilines is 1. The van der Waals surface area contributed by atoms with Gasteiger partial charge in [-0.25, -0.2) is 4.98 Å². The standard InChI is InChI=1S/C14H23N3O2/c1-11-5-3-4-6-12(11)19-10-9-16-14-15-8-7-13(17-14)18-2/h7-8,11-12H,3-6,9-10H2,1-2H3,(H,15,16,17)/t11-,12-/m1/s1. The second kappa shape index (κ2) is 7.28. The van der Waals surface area contributed by atoms with Crippen molar-refractivity contribution in [3.8, 4) is 5.88 Å². The van der Waals surface area contributed by atoms with Crippen LogP contribution in [0.15, 0.2) is 12.3 Å². The molecular weight excluding hydrogens is 242 g/mol. The second-order valence-electron chi connectivity index (χ2n) is 5.02. The maximum Gasteiger partial charge on any atom is 0.226 e. The van der Waals surface area contributed by atoms with Crippen molar-refractivity contribution >= 4 is 5.95 Å². The molecule has 0 bridgehead atoms. The maximum absolute atomic E-state index is 5.92. The van der Waals surface area contributed by atoms with E-state index in [1.807, 2.05) is 0 Å². The number of methoxy groups -OCH3 is 1. The minimum Gasteiger partial charge on any atom is -0.481 e. The molecule has 0 unspecified atom stereocenters. The Morgan fingerprint density at radius 2 is 2.21 bits per heavy atom. The highest BCUT2D eigenvalue weighted by atomic mass is 16.5. The Hall–Kier alpha value is -1.36. The summed E-state index contributed by atoms with van der Waals surface area (Å²) in [5.41, 5.74) is 0. The summed E-state index contributed by atoms with van der Waals surface area (Å²) in [4.78, 5) is 8.32. The third kappa shape index (κ3) is 4.35. The van der Waals surface area contributed by atoms with Gasteiger partial charge in [0.15, 0.2) is 0 Å². The van der Waals surface area contributed by atoms with Gasteiger partial charge >= 0.3 is 0 Å². The van der Waals surface area contributed by atoms with Crippen LogP contribution in [-0.4, -0.2) is 36.3 Å². The Morgan fingerprint density at radius 3 is 3.00 bits per heavy atom. The monoisotopic (exact) mass is 265 g/mol. The van der Waals surface area contributed by atoms with Gasteiger partial charge in [-0.3, -0.25) is 0 Å². The van der Waals surface area contributed by atoms with Gasteiger partial charge in [0.1, 0.15) is 0 Å². The normalized spacial score (nSPS) is 23.1. The largest absolute Gasteiger partial charge is 0.481 e. The molecule has 1 aromatic heterocycles. The van der Waals surface area contributed by atoms with Gasteiger partial charge in [-0.15, -0.1) is 0 Å². The smallest absolute Gasteiger partial charge is 0.226 e. The quantitative estimate of drug-likeness (QED) is 0.801. The van der Waals surface area contributed by atoms with Gasteiger partial charge in [-0.2, -0.15) is 4.98 Å². The van der Waals surface area contributed by atoms with E-state index < -0.39 is 0 Å². The SMILES string of the molecule is COc1ccnc(NCCO[C@@H]2CCCC[C@H]2C)n1. The zero-order chi connectivity index (χ0) is 13.5. The average Bonchev–Trinajstić information content (AvgIpc) is 2.45. The zero-order valence-corrected chi connectivity index (χ0v) is 11.8. The van der Waals surface area contributed by atoms with Crippen molar-refractivity contribution in [2.24, 2.45) is 5.92 Å². The van der Waals surface area contributed by atoms with E-state index in [4.69, 9.17) is 9.47 Å². The van der Waals surface area contributed by atoms with E-state index in [2.05, 4.69) is 22.2 Å². The minimum atomic E-state index is 0.418. The lowest BCUT2D eigenvalue weighted by Crippen LogP contribution is -2.27.